The fraction of sp³-hybridized carbons (Fsp3) is 0.600. The van der Waals surface area contributed by atoms with E-state index >= 15 is 0 Å². The summed E-state index contributed by atoms with van der Waals surface area (Å²) >= 11 is 0. The molecule has 0 N–H and O–H groups in total. The highest BCUT2D eigenvalue weighted by atomic mass is 28.3. The molecule has 140 valence electrons. The second-order valence-corrected chi connectivity index (χ2v) is 11.1. The van der Waals surface area contributed by atoms with E-state index in [0.717, 1.165) is 24.6 Å². The largest absolute Gasteiger partial charge is 0.466 e. The molecule has 0 saturated heterocycles. The van der Waals surface area contributed by atoms with Crippen molar-refractivity contribution >= 4 is 25.2 Å². The smallest absolute Gasteiger partial charge is 0.305 e. The fourth-order valence-corrected chi connectivity index (χ4v) is 8.15. The molecule has 0 amide bonds. The quantitative estimate of drug-likeness (QED) is 0.440. The summed E-state index contributed by atoms with van der Waals surface area (Å²) < 4.78 is 10.3. The molecule has 0 bridgehead atoms. The van der Waals surface area contributed by atoms with Crippen LogP contribution in [0.15, 0.2) is 24.3 Å². The molecule has 0 aliphatic carbocycles. The molecule has 0 aliphatic rings. The van der Waals surface area contributed by atoms with Crippen LogP contribution in [0.1, 0.15) is 45.6 Å². The van der Waals surface area contributed by atoms with Gasteiger partial charge in [0.25, 0.3) is 0 Å². The maximum Gasteiger partial charge on any atom is 0.305 e. The number of carbonyl (C=O) groups is 2. The summed E-state index contributed by atoms with van der Waals surface area (Å²) in [5, 5.41) is 1.33. The van der Waals surface area contributed by atoms with Crippen LogP contribution in [-0.4, -0.2) is 33.2 Å². The average molecular weight is 365 g/mol. The maximum atomic E-state index is 11.9. The van der Waals surface area contributed by atoms with Gasteiger partial charge >= 0.3 is 11.9 Å². The summed E-state index contributed by atoms with van der Waals surface area (Å²) in [6, 6.07) is 11.3. The van der Waals surface area contributed by atoms with Gasteiger partial charge in [0.05, 0.1) is 21.3 Å². The Labute approximate surface area is 152 Å². The zero-order valence-electron chi connectivity index (χ0n) is 16.1. The lowest BCUT2D eigenvalue weighted by Crippen LogP contribution is -2.48. The molecule has 1 aromatic rings. The van der Waals surface area contributed by atoms with Gasteiger partial charge < -0.3 is 9.47 Å². The van der Waals surface area contributed by atoms with E-state index in [-0.39, 0.29) is 11.9 Å². The molecule has 5 heteroatoms. The van der Waals surface area contributed by atoms with Crippen LogP contribution < -0.4 is 5.19 Å². The maximum absolute atomic E-state index is 11.9. The van der Waals surface area contributed by atoms with E-state index in [2.05, 4.69) is 38.1 Å². The first-order chi connectivity index (χ1) is 12.0. The van der Waals surface area contributed by atoms with Gasteiger partial charge in [0, 0.05) is 12.8 Å². The standard InChI is InChI=1S/C20H32O4Si/c1-5-14-25(15-12-19(21)23-6-2,16-13-20(22)24-7-3)18-10-8-17(4)9-11-18/h8-11H,5-7,12-16H2,1-4H3. The molecular weight excluding hydrogens is 332 g/mol. The van der Waals surface area contributed by atoms with Crippen LogP contribution in [0.2, 0.25) is 18.1 Å². The van der Waals surface area contributed by atoms with Crippen molar-refractivity contribution in [3.8, 4) is 0 Å². The van der Waals surface area contributed by atoms with Crippen LogP contribution in [-0.2, 0) is 19.1 Å². The van der Waals surface area contributed by atoms with E-state index in [1.165, 1.54) is 10.8 Å². The molecule has 0 heterocycles. The molecule has 0 fully saturated rings. The minimum Gasteiger partial charge on any atom is -0.466 e. The van der Waals surface area contributed by atoms with E-state index in [1.807, 2.05) is 13.8 Å². The highest BCUT2D eigenvalue weighted by Crippen LogP contribution is 2.27. The van der Waals surface area contributed by atoms with Gasteiger partial charge in [-0.3, -0.25) is 9.59 Å². The Morgan fingerprint density at radius 1 is 0.840 bits per heavy atom. The van der Waals surface area contributed by atoms with E-state index < -0.39 is 8.07 Å². The number of ether oxygens (including phenoxy) is 2. The van der Waals surface area contributed by atoms with Crippen molar-refractivity contribution in [2.24, 2.45) is 0 Å². The predicted molar refractivity (Wildman–Crippen MR) is 104 cm³/mol. The number of benzene rings is 1. The average Bonchev–Trinajstić information content (AvgIpc) is 2.59. The summed E-state index contributed by atoms with van der Waals surface area (Å²) in [5.41, 5.74) is 1.22. The lowest BCUT2D eigenvalue weighted by molar-refractivity contribution is -0.143. The molecule has 0 aliphatic heterocycles. The van der Waals surface area contributed by atoms with Gasteiger partial charge in [-0.25, -0.2) is 0 Å². The summed E-state index contributed by atoms with van der Waals surface area (Å²) in [7, 11) is -1.98. The molecule has 1 rings (SSSR count). The van der Waals surface area contributed by atoms with Crippen molar-refractivity contribution in [3.05, 3.63) is 29.8 Å². The normalized spacial score (nSPS) is 11.2. The Bertz CT molecular complexity index is 517. The molecule has 0 spiro atoms. The highest BCUT2D eigenvalue weighted by molar-refractivity contribution is 6.92. The molecule has 0 atom stereocenters. The van der Waals surface area contributed by atoms with Crippen molar-refractivity contribution in [1.29, 1.82) is 0 Å². The summed E-state index contributed by atoms with van der Waals surface area (Å²) in [6.45, 7) is 8.72. The van der Waals surface area contributed by atoms with Crippen molar-refractivity contribution in [2.75, 3.05) is 13.2 Å². The Balaban J connectivity index is 3.03. The van der Waals surface area contributed by atoms with Gasteiger partial charge in [0.2, 0.25) is 0 Å². The molecule has 0 saturated carbocycles. The number of esters is 2. The van der Waals surface area contributed by atoms with Crippen molar-refractivity contribution in [1.82, 2.24) is 0 Å². The zero-order chi connectivity index (χ0) is 18.7. The van der Waals surface area contributed by atoms with Crippen molar-refractivity contribution in [3.63, 3.8) is 0 Å². The summed E-state index contributed by atoms with van der Waals surface area (Å²) in [5.74, 6) is -0.280. The van der Waals surface area contributed by atoms with Crippen molar-refractivity contribution in [2.45, 2.75) is 65.1 Å². The Morgan fingerprint density at radius 2 is 1.32 bits per heavy atom. The highest BCUT2D eigenvalue weighted by Gasteiger charge is 2.35. The second-order valence-electron chi connectivity index (χ2n) is 6.51. The van der Waals surface area contributed by atoms with Gasteiger partial charge in [0.15, 0.2) is 0 Å². The van der Waals surface area contributed by atoms with Crippen LogP contribution in [0, 0.1) is 6.92 Å². The summed E-state index contributed by atoms with van der Waals surface area (Å²) in [4.78, 5) is 23.9. The summed E-state index contributed by atoms with van der Waals surface area (Å²) in [6.07, 6.45) is 1.90. The topological polar surface area (TPSA) is 52.6 Å². The van der Waals surface area contributed by atoms with Crippen LogP contribution >= 0.6 is 0 Å². The molecule has 4 nitrogen and oxygen atoms in total. The SMILES string of the molecule is CCC[Si](CCC(=O)OCC)(CCC(=O)OCC)c1ccc(C)cc1. The monoisotopic (exact) mass is 364 g/mol. The molecule has 0 unspecified atom stereocenters. The Morgan fingerprint density at radius 3 is 1.72 bits per heavy atom. The minimum atomic E-state index is -1.98. The first-order valence-corrected chi connectivity index (χ1v) is 12.0. The zero-order valence-corrected chi connectivity index (χ0v) is 17.1. The third-order valence-corrected chi connectivity index (χ3v) is 10.0. The Hall–Kier alpha value is -1.62. The molecule has 25 heavy (non-hydrogen) atoms. The fourth-order valence-electron chi connectivity index (χ4n) is 3.34. The van der Waals surface area contributed by atoms with Crippen LogP contribution in [0.3, 0.4) is 0 Å². The lowest BCUT2D eigenvalue weighted by Gasteiger charge is -2.32. The number of aryl methyl sites for hydroxylation is 1. The van der Waals surface area contributed by atoms with E-state index in [9.17, 15) is 9.59 Å². The first-order valence-electron chi connectivity index (χ1n) is 9.35. The number of rotatable bonds is 11. The van der Waals surface area contributed by atoms with Gasteiger partial charge in [-0.15, -0.1) is 0 Å². The van der Waals surface area contributed by atoms with Crippen LogP contribution in [0.25, 0.3) is 0 Å². The van der Waals surface area contributed by atoms with Crippen LogP contribution in [0.4, 0.5) is 0 Å². The van der Waals surface area contributed by atoms with Gasteiger partial charge in [-0.1, -0.05) is 54.4 Å². The third-order valence-electron chi connectivity index (χ3n) is 4.62. The van der Waals surface area contributed by atoms with Crippen LogP contribution in [0.5, 0.6) is 0 Å². The number of hydrogen-bond donors (Lipinski definition) is 0. The Kier molecular flexibility index (Phi) is 9.49. The van der Waals surface area contributed by atoms with Gasteiger partial charge in [-0.2, -0.15) is 0 Å². The first kappa shape index (κ1) is 21.4. The molecule has 1 aromatic carbocycles. The molecular formula is C20H32O4Si. The second kappa shape index (κ2) is 11.1. The molecule has 0 radical (unpaired) electrons. The number of hydrogen-bond acceptors (Lipinski definition) is 4. The van der Waals surface area contributed by atoms with Crippen molar-refractivity contribution < 1.29 is 19.1 Å². The molecule has 0 aromatic heterocycles. The minimum absolute atomic E-state index is 0.140. The lowest BCUT2D eigenvalue weighted by atomic mass is 10.2. The third kappa shape index (κ3) is 7.02. The van der Waals surface area contributed by atoms with E-state index in [1.54, 1.807) is 0 Å². The van der Waals surface area contributed by atoms with E-state index in [0.29, 0.717) is 26.1 Å². The van der Waals surface area contributed by atoms with Gasteiger partial charge in [-0.05, 0) is 32.9 Å². The van der Waals surface area contributed by atoms with Gasteiger partial charge in [0.1, 0.15) is 0 Å². The number of carbonyl (C=O) groups excluding carboxylic acids is 2. The van der Waals surface area contributed by atoms with E-state index in [4.69, 9.17) is 9.47 Å². The predicted octanol–water partition coefficient (Wildman–Crippen LogP) is 3.97.